The number of fused-ring (bicyclic) bond motifs is 1. The molecular formula is C12H16O. The number of benzene rings is 1. The smallest absolute Gasteiger partial charge is 0.113 e. The summed E-state index contributed by atoms with van der Waals surface area (Å²) in [6.45, 7) is 6.81. The normalized spacial score (nSPS) is 12.2. The Bertz CT molecular complexity index is 300. The lowest BCUT2D eigenvalue weighted by atomic mass is 10.0. The second kappa shape index (κ2) is 4.70. The molecule has 13 heavy (non-hydrogen) atoms. The third kappa shape index (κ3) is 2.35. The molecule has 1 aliphatic heterocycles. The first-order valence-electron chi connectivity index (χ1n) is 4.74. The molecule has 2 rings (SSSR count). The van der Waals surface area contributed by atoms with Crippen LogP contribution in [0.4, 0.5) is 0 Å². The van der Waals surface area contributed by atoms with Gasteiger partial charge in [-0.3, -0.25) is 0 Å². The van der Waals surface area contributed by atoms with Gasteiger partial charge in [-0.2, -0.15) is 0 Å². The van der Waals surface area contributed by atoms with Crippen LogP contribution in [0, 0.1) is 6.92 Å². The van der Waals surface area contributed by atoms with Gasteiger partial charge in [0.05, 0.1) is 6.26 Å². The second-order valence-electron chi connectivity index (χ2n) is 2.82. The van der Waals surface area contributed by atoms with Crippen LogP contribution in [-0.4, -0.2) is 0 Å². The zero-order valence-electron chi connectivity index (χ0n) is 8.50. The number of aryl methyl sites for hydroxylation is 1. The molecule has 0 saturated carbocycles. The summed E-state index contributed by atoms with van der Waals surface area (Å²) in [4.78, 5) is 0. The van der Waals surface area contributed by atoms with Gasteiger partial charge in [0, 0.05) is 0 Å². The molecule has 0 unspecified atom stereocenters. The molecule has 0 spiro atoms. The Morgan fingerprint density at radius 1 is 1.23 bits per heavy atom. The Kier molecular flexibility index (Phi) is 3.56. The van der Waals surface area contributed by atoms with Crippen LogP contribution in [0.25, 0.3) is 6.08 Å². The first kappa shape index (κ1) is 9.85. The van der Waals surface area contributed by atoms with Crippen molar-refractivity contribution in [2.24, 2.45) is 0 Å². The Morgan fingerprint density at radius 2 is 2.00 bits per heavy atom. The van der Waals surface area contributed by atoms with E-state index in [4.69, 9.17) is 4.74 Å². The molecule has 0 bridgehead atoms. The van der Waals surface area contributed by atoms with Crippen LogP contribution in [-0.2, 0) is 11.3 Å². The standard InChI is InChI=1S/C10H10O.C2H6/c1-8-2-3-9-4-5-11-7-10(9)6-8;1-2/h2-6H,7H2,1H3;1-2H3. The zero-order chi connectivity index (χ0) is 9.68. The van der Waals surface area contributed by atoms with E-state index in [1.165, 1.54) is 16.7 Å². The summed E-state index contributed by atoms with van der Waals surface area (Å²) in [7, 11) is 0. The molecule has 0 aliphatic carbocycles. The van der Waals surface area contributed by atoms with E-state index in [0.29, 0.717) is 6.61 Å². The van der Waals surface area contributed by atoms with Crippen molar-refractivity contribution >= 4 is 6.08 Å². The summed E-state index contributed by atoms with van der Waals surface area (Å²) in [5.74, 6) is 0. The maximum absolute atomic E-state index is 5.17. The van der Waals surface area contributed by atoms with Gasteiger partial charge in [0.15, 0.2) is 0 Å². The number of rotatable bonds is 0. The van der Waals surface area contributed by atoms with Gasteiger partial charge in [-0.15, -0.1) is 0 Å². The molecule has 0 aromatic heterocycles. The summed E-state index contributed by atoms with van der Waals surface area (Å²) in [6, 6.07) is 6.41. The fourth-order valence-electron chi connectivity index (χ4n) is 1.28. The second-order valence-corrected chi connectivity index (χ2v) is 2.82. The van der Waals surface area contributed by atoms with Crippen molar-refractivity contribution in [3.8, 4) is 0 Å². The molecule has 1 heterocycles. The van der Waals surface area contributed by atoms with E-state index >= 15 is 0 Å². The van der Waals surface area contributed by atoms with Crippen LogP contribution in [0.1, 0.15) is 30.5 Å². The third-order valence-electron chi connectivity index (χ3n) is 1.88. The predicted molar refractivity (Wildman–Crippen MR) is 56.4 cm³/mol. The monoisotopic (exact) mass is 176 g/mol. The molecule has 1 nitrogen and oxygen atoms in total. The van der Waals surface area contributed by atoms with Gasteiger partial charge in [0.1, 0.15) is 6.61 Å². The van der Waals surface area contributed by atoms with Crippen molar-refractivity contribution in [3.63, 3.8) is 0 Å². The maximum atomic E-state index is 5.17. The van der Waals surface area contributed by atoms with Gasteiger partial charge in [-0.05, 0) is 24.1 Å². The molecule has 0 saturated heterocycles. The van der Waals surface area contributed by atoms with Crippen LogP contribution in [0.3, 0.4) is 0 Å². The molecular weight excluding hydrogens is 160 g/mol. The largest absolute Gasteiger partial charge is 0.496 e. The van der Waals surface area contributed by atoms with Crippen molar-refractivity contribution in [3.05, 3.63) is 41.2 Å². The Hall–Kier alpha value is -1.24. The Labute approximate surface area is 80.0 Å². The van der Waals surface area contributed by atoms with Gasteiger partial charge in [-0.1, -0.05) is 37.6 Å². The summed E-state index contributed by atoms with van der Waals surface area (Å²) in [5.41, 5.74) is 3.86. The average Bonchev–Trinajstić information content (AvgIpc) is 2.21. The lowest BCUT2D eigenvalue weighted by Crippen LogP contribution is -1.96. The zero-order valence-corrected chi connectivity index (χ0v) is 8.50. The van der Waals surface area contributed by atoms with Crippen LogP contribution < -0.4 is 0 Å². The highest BCUT2D eigenvalue weighted by atomic mass is 16.5. The van der Waals surface area contributed by atoms with Gasteiger partial charge in [-0.25, -0.2) is 0 Å². The minimum absolute atomic E-state index is 0.716. The lowest BCUT2D eigenvalue weighted by molar-refractivity contribution is 0.234. The topological polar surface area (TPSA) is 9.23 Å². The van der Waals surface area contributed by atoms with E-state index in [-0.39, 0.29) is 0 Å². The van der Waals surface area contributed by atoms with E-state index < -0.39 is 0 Å². The predicted octanol–water partition coefficient (Wildman–Crippen LogP) is 3.52. The van der Waals surface area contributed by atoms with E-state index in [1.54, 1.807) is 6.26 Å². The van der Waals surface area contributed by atoms with Crippen molar-refractivity contribution in [2.45, 2.75) is 27.4 Å². The molecule has 0 N–H and O–H groups in total. The van der Waals surface area contributed by atoms with Crippen LogP contribution in [0.5, 0.6) is 0 Å². The molecule has 0 atom stereocenters. The molecule has 0 fully saturated rings. The highest BCUT2D eigenvalue weighted by Crippen LogP contribution is 2.18. The molecule has 70 valence electrons. The molecule has 1 heteroatoms. The minimum Gasteiger partial charge on any atom is -0.496 e. The molecule has 1 aromatic rings. The first-order chi connectivity index (χ1) is 6.36. The maximum Gasteiger partial charge on any atom is 0.113 e. The van der Waals surface area contributed by atoms with Gasteiger partial charge in [0.2, 0.25) is 0 Å². The number of hydrogen-bond acceptors (Lipinski definition) is 1. The van der Waals surface area contributed by atoms with Gasteiger partial charge in [0.25, 0.3) is 0 Å². The molecule has 0 radical (unpaired) electrons. The lowest BCUT2D eigenvalue weighted by Gasteiger charge is -2.11. The van der Waals surface area contributed by atoms with Crippen LogP contribution in [0.2, 0.25) is 0 Å². The van der Waals surface area contributed by atoms with E-state index in [2.05, 4.69) is 25.1 Å². The van der Waals surface area contributed by atoms with Crippen molar-refractivity contribution in [1.29, 1.82) is 0 Å². The Morgan fingerprint density at radius 3 is 2.77 bits per heavy atom. The highest BCUT2D eigenvalue weighted by molar-refractivity contribution is 5.55. The van der Waals surface area contributed by atoms with Crippen molar-refractivity contribution in [2.75, 3.05) is 0 Å². The average molecular weight is 176 g/mol. The molecule has 1 aliphatic rings. The van der Waals surface area contributed by atoms with Crippen LogP contribution in [0.15, 0.2) is 24.5 Å². The highest BCUT2D eigenvalue weighted by Gasteiger charge is 2.03. The van der Waals surface area contributed by atoms with Gasteiger partial charge >= 0.3 is 0 Å². The summed E-state index contributed by atoms with van der Waals surface area (Å²) in [5, 5.41) is 0. The fraction of sp³-hybridized carbons (Fsp3) is 0.333. The summed E-state index contributed by atoms with van der Waals surface area (Å²) >= 11 is 0. The Balaban J connectivity index is 0.000000396. The quantitative estimate of drug-likeness (QED) is 0.587. The summed E-state index contributed by atoms with van der Waals surface area (Å²) in [6.07, 6.45) is 3.75. The summed E-state index contributed by atoms with van der Waals surface area (Å²) < 4.78 is 5.17. The van der Waals surface area contributed by atoms with Crippen molar-refractivity contribution < 1.29 is 4.74 Å². The minimum atomic E-state index is 0.716. The third-order valence-corrected chi connectivity index (χ3v) is 1.88. The molecule has 1 aromatic carbocycles. The van der Waals surface area contributed by atoms with Crippen LogP contribution >= 0.6 is 0 Å². The SMILES string of the molecule is CC.Cc1ccc2c(c1)COC=C2. The number of hydrogen-bond donors (Lipinski definition) is 0. The fourth-order valence-corrected chi connectivity index (χ4v) is 1.28. The van der Waals surface area contributed by atoms with Gasteiger partial charge < -0.3 is 4.74 Å². The van der Waals surface area contributed by atoms with E-state index in [0.717, 1.165) is 0 Å². The number of ether oxygens (including phenoxy) is 1. The van der Waals surface area contributed by atoms with E-state index in [9.17, 15) is 0 Å². The van der Waals surface area contributed by atoms with E-state index in [1.807, 2.05) is 19.9 Å². The molecule has 0 amide bonds. The van der Waals surface area contributed by atoms with Crippen molar-refractivity contribution in [1.82, 2.24) is 0 Å². The first-order valence-corrected chi connectivity index (χ1v) is 4.74.